The Morgan fingerprint density at radius 2 is 1.97 bits per heavy atom. The van der Waals surface area contributed by atoms with Crippen molar-refractivity contribution in [3.8, 4) is 0 Å². The number of carbonyl (C=O) groups is 1. The van der Waals surface area contributed by atoms with Crippen LogP contribution in [0.3, 0.4) is 0 Å². The van der Waals surface area contributed by atoms with Crippen LogP contribution in [0, 0.1) is 12.8 Å². The Labute approximate surface area is 182 Å². The fraction of sp³-hybridized carbons (Fsp3) is 0.500. The molecule has 1 aromatic carbocycles. The molecule has 3 heterocycles. The fourth-order valence-electron chi connectivity index (χ4n) is 4.28. The molecule has 0 aliphatic carbocycles. The molecule has 0 saturated carbocycles. The molecule has 2 aliphatic heterocycles. The average Bonchev–Trinajstić information content (AvgIpc) is 3.21. The molecular weight excluding hydrogens is 418 g/mol. The molecule has 1 atom stereocenters. The lowest BCUT2D eigenvalue weighted by Crippen LogP contribution is -2.46. The van der Waals surface area contributed by atoms with Gasteiger partial charge in [-0.25, -0.2) is 8.42 Å². The van der Waals surface area contributed by atoms with E-state index in [1.54, 1.807) is 6.07 Å². The van der Waals surface area contributed by atoms with Crippen molar-refractivity contribution in [2.45, 2.75) is 36.9 Å². The molecule has 2 aliphatic rings. The van der Waals surface area contributed by atoms with Crippen molar-refractivity contribution in [1.82, 2.24) is 14.5 Å². The van der Waals surface area contributed by atoms with E-state index in [2.05, 4.69) is 34.5 Å². The SMILES string of the molecule is Cc1ccc(S(=O)(=O)N2CCC[C@@H](C(=O)NCCN3CCc4ccccc4C3)C2)s1. The van der Waals surface area contributed by atoms with Crippen LogP contribution in [0.5, 0.6) is 0 Å². The smallest absolute Gasteiger partial charge is 0.252 e. The third kappa shape index (κ3) is 4.77. The van der Waals surface area contributed by atoms with Crippen LogP contribution in [-0.4, -0.2) is 56.3 Å². The first-order chi connectivity index (χ1) is 14.4. The second kappa shape index (κ2) is 9.18. The number of sulfonamides is 1. The predicted octanol–water partition coefficient (Wildman–Crippen LogP) is 2.63. The monoisotopic (exact) mass is 447 g/mol. The number of fused-ring (bicyclic) bond motifs is 1. The molecule has 2 aromatic rings. The Morgan fingerprint density at radius 3 is 2.73 bits per heavy atom. The minimum atomic E-state index is -3.51. The summed E-state index contributed by atoms with van der Waals surface area (Å²) in [6.45, 7) is 5.97. The number of piperidine rings is 1. The van der Waals surface area contributed by atoms with Crippen molar-refractivity contribution < 1.29 is 13.2 Å². The standard InChI is InChI=1S/C22H29N3O3S2/c1-17-8-9-21(29-17)30(27,28)25-12-4-7-20(16-25)22(26)23-11-14-24-13-10-18-5-2-3-6-19(18)15-24/h2-3,5-6,8-9,20H,4,7,10-16H2,1H3,(H,23,26)/t20-/m1/s1. The van der Waals surface area contributed by atoms with Crippen molar-refractivity contribution in [1.29, 1.82) is 0 Å². The van der Waals surface area contributed by atoms with Gasteiger partial charge in [-0.05, 0) is 49.4 Å². The van der Waals surface area contributed by atoms with Gasteiger partial charge in [0.05, 0.1) is 5.92 Å². The zero-order valence-corrected chi connectivity index (χ0v) is 19.0. The van der Waals surface area contributed by atoms with Gasteiger partial charge in [-0.3, -0.25) is 9.69 Å². The van der Waals surface area contributed by atoms with E-state index >= 15 is 0 Å². The zero-order valence-electron chi connectivity index (χ0n) is 17.3. The Morgan fingerprint density at radius 1 is 1.17 bits per heavy atom. The maximum atomic E-state index is 12.9. The molecule has 0 spiro atoms. The first-order valence-corrected chi connectivity index (χ1v) is 12.8. The van der Waals surface area contributed by atoms with Gasteiger partial charge in [0, 0.05) is 44.1 Å². The number of nitrogens with one attached hydrogen (secondary N) is 1. The number of benzene rings is 1. The lowest BCUT2D eigenvalue weighted by molar-refractivity contribution is -0.126. The number of rotatable bonds is 6. The third-order valence-electron chi connectivity index (χ3n) is 6.00. The Kier molecular flexibility index (Phi) is 6.57. The van der Waals surface area contributed by atoms with E-state index in [1.807, 2.05) is 13.0 Å². The lowest BCUT2D eigenvalue weighted by atomic mass is 9.98. The van der Waals surface area contributed by atoms with Crippen LogP contribution in [0.25, 0.3) is 0 Å². The third-order valence-corrected chi connectivity index (χ3v) is 9.33. The number of nitrogens with zero attached hydrogens (tertiary/aromatic N) is 2. The van der Waals surface area contributed by atoms with E-state index in [0.29, 0.717) is 23.7 Å². The Balaban J connectivity index is 1.28. The van der Waals surface area contributed by atoms with Gasteiger partial charge in [-0.15, -0.1) is 11.3 Å². The average molecular weight is 448 g/mol. The molecule has 0 bridgehead atoms. The summed E-state index contributed by atoms with van der Waals surface area (Å²) in [7, 11) is -3.51. The molecule has 30 heavy (non-hydrogen) atoms. The van der Waals surface area contributed by atoms with Crippen LogP contribution in [-0.2, 0) is 27.8 Å². The molecule has 1 N–H and O–H groups in total. The van der Waals surface area contributed by atoms with Crippen LogP contribution in [0.4, 0.5) is 0 Å². The van der Waals surface area contributed by atoms with Crippen molar-refractivity contribution in [3.63, 3.8) is 0 Å². The van der Waals surface area contributed by atoms with Gasteiger partial charge in [0.25, 0.3) is 10.0 Å². The normalized spacial score (nSPS) is 20.6. The van der Waals surface area contributed by atoms with Crippen molar-refractivity contribution in [2.75, 3.05) is 32.7 Å². The molecule has 162 valence electrons. The zero-order chi connectivity index (χ0) is 21.1. The summed E-state index contributed by atoms with van der Waals surface area (Å²) in [6, 6.07) is 12.0. The molecule has 1 aromatic heterocycles. The highest BCUT2D eigenvalue weighted by Crippen LogP contribution is 2.28. The summed E-state index contributed by atoms with van der Waals surface area (Å²) < 4.78 is 27.6. The van der Waals surface area contributed by atoms with Crippen molar-refractivity contribution in [3.05, 3.63) is 52.4 Å². The van der Waals surface area contributed by atoms with Crippen LogP contribution in [0.1, 0.15) is 28.8 Å². The lowest BCUT2D eigenvalue weighted by Gasteiger charge is -2.31. The molecular formula is C22H29N3O3S2. The topological polar surface area (TPSA) is 69.7 Å². The summed E-state index contributed by atoms with van der Waals surface area (Å²) in [5.74, 6) is -0.314. The quantitative estimate of drug-likeness (QED) is 0.739. The molecule has 0 radical (unpaired) electrons. The number of thiophene rings is 1. The fourth-order valence-corrected chi connectivity index (χ4v) is 7.24. The van der Waals surface area contributed by atoms with Crippen LogP contribution < -0.4 is 5.32 Å². The van der Waals surface area contributed by atoms with E-state index in [9.17, 15) is 13.2 Å². The van der Waals surface area contributed by atoms with Crippen molar-refractivity contribution in [2.24, 2.45) is 5.92 Å². The molecule has 6 nitrogen and oxygen atoms in total. The number of carbonyl (C=O) groups excluding carboxylic acids is 1. The van der Waals surface area contributed by atoms with Crippen LogP contribution >= 0.6 is 11.3 Å². The second-order valence-corrected chi connectivity index (χ2v) is 11.6. The van der Waals surface area contributed by atoms with E-state index < -0.39 is 10.0 Å². The number of aryl methyl sites for hydroxylation is 1. The van der Waals surface area contributed by atoms with Gasteiger partial charge in [-0.2, -0.15) is 4.31 Å². The summed E-state index contributed by atoms with van der Waals surface area (Å²) >= 11 is 1.29. The maximum Gasteiger partial charge on any atom is 0.252 e. The van der Waals surface area contributed by atoms with Crippen molar-refractivity contribution >= 4 is 27.3 Å². The molecule has 4 rings (SSSR count). The Hall–Kier alpha value is -1.74. The molecule has 8 heteroatoms. The maximum absolute atomic E-state index is 12.9. The largest absolute Gasteiger partial charge is 0.355 e. The molecule has 1 saturated heterocycles. The van der Waals surface area contributed by atoms with Gasteiger partial charge < -0.3 is 5.32 Å². The Bertz CT molecular complexity index is 1000. The number of amides is 1. The molecule has 1 fully saturated rings. The highest BCUT2D eigenvalue weighted by molar-refractivity contribution is 7.91. The predicted molar refractivity (Wildman–Crippen MR) is 119 cm³/mol. The van der Waals surface area contributed by atoms with E-state index in [0.717, 1.165) is 37.4 Å². The summed E-state index contributed by atoms with van der Waals surface area (Å²) in [5.41, 5.74) is 2.79. The highest BCUT2D eigenvalue weighted by atomic mass is 32.2. The van der Waals surface area contributed by atoms with Gasteiger partial charge >= 0.3 is 0 Å². The number of hydrogen-bond acceptors (Lipinski definition) is 5. The van der Waals surface area contributed by atoms with Crippen LogP contribution in [0.2, 0.25) is 0 Å². The summed E-state index contributed by atoms with van der Waals surface area (Å²) in [4.78, 5) is 16.0. The minimum Gasteiger partial charge on any atom is -0.355 e. The van der Waals surface area contributed by atoms with Gasteiger partial charge in [0.2, 0.25) is 5.91 Å². The van der Waals surface area contributed by atoms with E-state index in [-0.39, 0.29) is 18.4 Å². The summed E-state index contributed by atoms with van der Waals surface area (Å²) in [6.07, 6.45) is 2.49. The van der Waals surface area contributed by atoms with E-state index in [1.165, 1.54) is 26.8 Å². The molecule has 1 amide bonds. The van der Waals surface area contributed by atoms with Gasteiger partial charge in [0.1, 0.15) is 4.21 Å². The first kappa shape index (κ1) is 21.5. The first-order valence-electron chi connectivity index (χ1n) is 10.6. The van der Waals surface area contributed by atoms with Gasteiger partial charge in [-0.1, -0.05) is 24.3 Å². The van der Waals surface area contributed by atoms with E-state index in [4.69, 9.17) is 0 Å². The van der Waals surface area contributed by atoms with Crippen LogP contribution in [0.15, 0.2) is 40.6 Å². The number of hydrogen-bond donors (Lipinski definition) is 1. The minimum absolute atomic E-state index is 0.0327. The summed E-state index contributed by atoms with van der Waals surface area (Å²) in [5, 5.41) is 3.04. The second-order valence-electron chi connectivity index (χ2n) is 8.15. The highest BCUT2D eigenvalue weighted by Gasteiger charge is 2.34. The van der Waals surface area contributed by atoms with Gasteiger partial charge in [0.15, 0.2) is 0 Å². The molecule has 0 unspecified atom stereocenters.